The number of halogens is 8. The lowest BCUT2D eigenvalue weighted by molar-refractivity contribution is -0.0500. The number of rotatable bonds is 7. The zero-order chi connectivity index (χ0) is 29.1. The van der Waals surface area contributed by atoms with Crippen molar-refractivity contribution in [3.05, 3.63) is 45.5 Å². The van der Waals surface area contributed by atoms with Crippen LogP contribution in [-0.4, -0.2) is 55.7 Å². The van der Waals surface area contributed by atoms with Gasteiger partial charge in [-0.3, -0.25) is 4.79 Å². The molecule has 0 amide bonds. The molecular weight excluding hydrogens is 615 g/mol. The minimum absolute atomic E-state index is 0.0127. The summed E-state index contributed by atoms with van der Waals surface area (Å²) in [6, 6.07) is 1.46. The fourth-order valence-corrected chi connectivity index (χ4v) is 5.06. The first-order chi connectivity index (χ1) is 17.4. The second kappa shape index (κ2) is 12.0. The molecular formula is C19H19Cl2F6N3O6S2. The van der Waals surface area contributed by atoms with Crippen molar-refractivity contribution in [3.8, 4) is 5.75 Å². The van der Waals surface area contributed by atoms with E-state index < -0.39 is 36.9 Å². The van der Waals surface area contributed by atoms with Gasteiger partial charge in [0.2, 0.25) is 0 Å². The number of hydrogen-bond donors (Lipinski definition) is 1. The molecule has 1 heterocycles. The van der Waals surface area contributed by atoms with Gasteiger partial charge in [-0.05, 0) is 25.8 Å². The number of carbonyl (C=O) groups excluding carboxylic acids is 1. The highest BCUT2D eigenvalue weighted by Crippen LogP contribution is 2.33. The molecule has 1 aliphatic carbocycles. The van der Waals surface area contributed by atoms with Crippen LogP contribution in [0, 0.1) is 0 Å². The van der Waals surface area contributed by atoms with E-state index >= 15 is 0 Å². The van der Waals surface area contributed by atoms with Crippen LogP contribution < -0.4 is 9.50 Å². The average molecular weight is 634 g/mol. The van der Waals surface area contributed by atoms with Crippen LogP contribution in [0.4, 0.5) is 26.3 Å². The van der Waals surface area contributed by atoms with Crippen molar-refractivity contribution >= 4 is 49.6 Å². The van der Waals surface area contributed by atoms with Crippen molar-refractivity contribution in [2.24, 2.45) is 0 Å². The van der Waals surface area contributed by atoms with E-state index in [1.54, 1.807) is 0 Å². The Morgan fingerprint density at radius 3 is 2.16 bits per heavy atom. The molecule has 1 atom stereocenters. The normalized spacial score (nSPS) is 16.3. The molecule has 0 fully saturated rings. The first-order valence-electron chi connectivity index (χ1n) is 10.4. The van der Waals surface area contributed by atoms with E-state index in [9.17, 15) is 48.0 Å². The predicted molar refractivity (Wildman–Crippen MR) is 124 cm³/mol. The van der Waals surface area contributed by atoms with Crippen molar-refractivity contribution in [1.82, 2.24) is 14.3 Å². The van der Waals surface area contributed by atoms with Crippen molar-refractivity contribution in [3.63, 3.8) is 0 Å². The summed E-state index contributed by atoms with van der Waals surface area (Å²) in [7, 11) is -11.2. The largest absolute Gasteiger partial charge is 0.534 e. The molecule has 0 saturated heterocycles. The third-order valence-electron chi connectivity index (χ3n) is 4.98. The Hall–Kier alpha value is -2.08. The number of fused-ring (bicyclic) bond motifs is 1. The van der Waals surface area contributed by atoms with Crippen LogP contribution in [0.25, 0.3) is 0 Å². The lowest BCUT2D eigenvalue weighted by Crippen LogP contribution is -2.37. The van der Waals surface area contributed by atoms with Crippen molar-refractivity contribution in [1.29, 1.82) is 0 Å². The molecule has 0 spiro atoms. The van der Waals surface area contributed by atoms with E-state index in [0.717, 1.165) is 37.8 Å². The van der Waals surface area contributed by atoms with E-state index in [2.05, 4.69) is 14.5 Å². The van der Waals surface area contributed by atoms with Crippen molar-refractivity contribution in [2.45, 2.75) is 49.7 Å². The summed E-state index contributed by atoms with van der Waals surface area (Å²) >= 11 is 11.0. The number of carbonyl (C=O) groups is 1. The number of alkyl halides is 6. The van der Waals surface area contributed by atoms with Gasteiger partial charge in [0.05, 0.1) is 27.0 Å². The van der Waals surface area contributed by atoms with Crippen LogP contribution in [0.15, 0.2) is 18.5 Å². The Morgan fingerprint density at radius 2 is 1.68 bits per heavy atom. The molecule has 214 valence electrons. The fraction of sp³-hybridized carbons (Fsp3) is 0.474. The maximum absolute atomic E-state index is 12.6. The molecule has 0 saturated carbocycles. The third-order valence-corrected chi connectivity index (χ3v) is 8.00. The number of aromatic nitrogens is 2. The lowest BCUT2D eigenvalue weighted by atomic mass is 9.96. The Bertz CT molecular complexity index is 1360. The van der Waals surface area contributed by atoms with Gasteiger partial charge < -0.3 is 9.50 Å². The van der Waals surface area contributed by atoms with Gasteiger partial charge in [0.1, 0.15) is 12.1 Å². The predicted octanol–water partition coefficient (Wildman–Crippen LogP) is 4.47. The molecule has 0 bridgehead atoms. The van der Waals surface area contributed by atoms with Gasteiger partial charge in [-0.25, -0.2) is 8.96 Å². The maximum Gasteiger partial charge on any atom is 0.534 e. The Morgan fingerprint density at radius 1 is 1.11 bits per heavy atom. The van der Waals surface area contributed by atoms with E-state index in [1.807, 2.05) is 6.92 Å². The number of benzene rings is 1. The van der Waals surface area contributed by atoms with Gasteiger partial charge in [-0.2, -0.15) is 43.2 Å². The van der Waals surface area contributed by atoms with Crippen LogP contribution in [0.2, 0.25) is 10.0 Å². The van der Waals surface area contributed by atoms with E-state index in [-0.39, 0.29) is 44.0 Å². The van der Waals surface area contributed by atoms with Crippen LogP contribution in [-0.2, 0) is 33.0 Å². The minimum Gasteiger partial charge on any atom is -0.376 e. The fourth-order valence-electron chi connectivity index (χ4n) is 3.19. The third kappa shape index (κ3) is 7.31. The summed E-state index contributed by atoms with van der Waals surface area (Å²) in [4.78, 5) is 14.3. The number of hydrogen-bond acceptors (Lipinski definition) is 8. The highest BCUT2D eigenvalue weighted by atomic mass is 35.5. The number of nitrogens with zero attached hydrogens (tertiary/aromatic N) is 2. The zero-order valence-electron chi connectivity index (χ0n) is 19.1. The molecule has 2 aromatic rings. The highest BCUT2D eigenvalue weighted by Gasteiger charge is 2.49. The van der Waals surface area contributed by atoms with Gasteiger partial charge in [0.25, 0.3) is 0 Å². The molecule has 38 heavy (non-hydrogen) atoms. The quantitative estimate of drug-likeness (QED) is 0.205. The van der Waals surface area contributed by atoms with Gasteiger partial charge in [0, 0.05) is 24.6 Å². The second-order valence-corrected chi connectivity index (χ2v) is 11.8. The van der Waals surface area contributed by atoms with Gasteiger partial charge in [0.15, 0.2) is 6.29 Å². The topological polar surface area (TPSA) is 124 Å². The zero-order valence-corrected chi connectivity index (χ0v) is 22.3. The van der Waals surface area contributed by atoms with E-state index in [4.69, 9.17) is 23.2 Å². The molecule has 19 heteroatoms. The summed E-state index contributed by atoms with van der Waals surface area (Å²) < 4.78 is 122. The Kier molecular flexibility index (Phi) is 10.1. The molecule has 1 aromatic heterocycles. The number of aryl methyl sites for hydroxylation is 1. The van der Waals surface area contributed by atoms with Crippen LogP contribution in [0.5, 0.6) is 5.75 Å². The minimum atomic E-state index is -5.81. The molecule has 0 aliphatic heterocycles. The van der Waals surface area contributed by atoms with E-state index in [0.29, 0.717) is 12.1 Å². The summed E-state index contributed by atoms with van der Waals surface area (Å²) in [5.41, 5.74) is -10.5. The van der Waals surface area contributed by atoms with E-state index in [1.165, 1.54) is 0 Å². The lowest BCUT2D eigenvalue weighted by Gasteiger charge is -2.24. The second-order valence-electron chi connectivity index (χ2n) is 7.68. The first-order valence-corrected chi connectivity index (χ1v) is 14.0. The molecule has 1 N–H and O–H groups in total. The molecule has 9 nitrogen and oxygen atoms in total. The molecule has 1 unspecified atom stereocenters. The van der Waals surface area contributed by atoms with Crippen molar-refractivity contribution in [2.75, 3.05) is 6.54 Å². The van der Waals surface area contributed by atoms with Crippen LogP contribution >= 0.6 is 23.2 Å². The first kappa shape index (κ1) is 32.1. The standard InChI is InChI=1S/C11H16F3N3O2S.C8H3Cl2F3O4S/c1-2-5-15-8-3-4-9-10(6-8)17(7-16-9)20(18,19)11(12,13)14;9-6-1-4(2-7(10)5(6)3-14)17-18(15,16)8(11,12)13/h7-8,15H,2-6H2,1H3;1-3H. The van der Waals surface area contributed by atoms with Gasteiger partial charge >= 0.3 is 31.2 Å². The molecule has 1 aromatic carbocycles. The highest BCUT2D eigenvalue weighted by molar-refractivity contribution is 7.90. The number of nitrogens with one attached hydrogen (secondary N) is 1. The molecule has 3 rings (SSSR count). The SMILES string of the molecule is CCCNC1CCc2ncn(S(=O)(=O)C(F)(F)F)c2C1.O=Cc1c(Cl)cc(OS(=O)(=O)C(F)(F)F)cc1Cl. The Balaban J connectivity index is 0.000000269. The number of aldehydes is 1. The summed E-state index contributed by atoms with van der Waals surface area (Å²) in [5.74, 6) is -0.743. The van der Waals surface area contributed by atoms with Crippen molar-refractivity contribution < 1.29 is 52.2 Å². The van der Waals surface area contributed by atoms with Gasteiger partial charge in [-0.15, -0.1) is 0 Å². The monoisotopic (exact) mass is 633 g/mol. The smallest absolute Gasteiger partial charge is 0.376 e. The van der Waals surface area contributed by atoms with Gasteiger partial charge in [-0.1, -0.05) is 30.1 Å². The van der Waals surface area contributed by atoms with Crippen LogP contribution in [0.1, 0.15) is 41.5 Å². The van der Waals surface area contributed by atoms with Crippen LogP contribution in [0.3, 0.4) is 0 Å². The average Bonchev–Trinajstić information content (AvgIpc) is 3.20. The number of imidazole rings is 1. The molecule has 1 aliphatic rings. The maximum atomic E-state index is 12.6. The summed E-state index contributed by atoms with van der Waals surface area (Å²) in [5, 5.41) is 2.54. The molecule has 0 radical (unpaired) electrons. The Labute approximate surface area is 223 Å². The summed E-state index contributed by atoms with van der Waals surface area (Å²) in [6.07, 6.45) is 3.41. The summed E-state index contributed by atoms with van der Waals surface area (Å²) in [6.45, 7) is 2.74.